The molecule has 0 rings (SSSR count). The lowest BCUT2D eigenvalue weighted by atomic mass is 10.2. The molecule has 0 aromatic heterocycles. The van der Waals surface area contributed by atoms with Crippen molar-refractivity contribution in [3.8, 4) is 6.07 Å². The first-order valence-corrected chi connectivity index (χ1v) is 4.59. The highest BCUT2D eigenvalue weighted by atomic mass is 16.6. The Morgan fingerprint density at radius 2 is 1.93 bits per heavy atom. The van der Waals surface area contributed by atoms with Crippen LogP contribution >= 0.6 is 0 Å². The van der Waals surface area contributed by atoms with Crippen molar-refractivity contribution in [1.29, 1.82) is 5.26 Å². The maximum Gasteiger partial charge on any atom is 0.410 e. The minimum atomic E-state index is -0.580. The average molecular weight is 212 g/mol. The zero-order chi connectivity index (χ0) is 12.1. The fraction of sp³-hybridized carbons (Fsp3) is 0.700. The summed E-state index contributed by atoms with van der Waals surface area (Å²) in [6.07, 6.45) is -0.749. The van der Waals surface area contributed by atoms with E-state index >= 15 is 0 Å². The average Bonchev–Trinajstić information content (AvgIpc) is 2.00. The van der Waals surface area contributed by atoms with Gasteiger partial charge >= 0.3 is 6.09 Å². The van der Waals surface area contributed by atoms with Gasteiger partial charge in [-0.3, -0.25) is 4.79 Å². The summed E-state index contributed by atoms with van der Waals surface area (Å²) in [7, 11) is 1.46. The molecular weight excluding hydrogens is 196 g/mol. The van der Waals surface area contributed by atoms with E-state index in [-0.39, 0.29) is 18.7 Å². The van der Waals surface area contributed by atoms with Crippen LogP contribution < -0.4 is 0 Å². The SMILES string of the molecule is CN(CC(=O)CC#N)C(=O)OC(C)(C)C. The van der Waals surface area contributed by atoms with E-state index < -0.39 is 11.7 Å². The highest BCUT2D eigenvalue weighted by molar-refractivity contribution is 5.85. The van der Waals surface area contributed by atoms with Crippen molar-refractivity contribution in [1.82, 2.24) is 4.90 Å². The van der Waals surface area contributed by atoms with Gasteiger partial charge in [0.25, 0.3) is 0 Å². The zero-order valence-electron chi connectivity index (χ0n) is 9.53. The summed E-state index contributed by atoms with van der Waals surface area (Å²) < 4.78 is 5.03. The molecule has 84 valence electrons. The number of ether oxygens (including phenoxy) is 1. The van der Waals surface area contributed by atoms with Crippen LogP contribution in [0.4, 0.5) is 4.79 Å². The summed E-state index contributed by atoms with van der Waals surface area (Å²) in [5.41, 5.74) is -0.580. The largest absolute Gasteiger partial charge is 0.444 e. The summed E-state index contributed by atoms with van der Waals surface area (Å²) in [5.74, 6) is -0.300. The van der Waals surface area contributed by atoms with Crippen molar-refractivity contribution in [2.24, 2.45) is 0 Å². The van der Waals surface area contributed by atoms with E-state index in [1.54, 1.807) is 26.8 Å². The maximum atomic E-state index is 11.4. The number of nitriles is 1. The monoisotopic (exact) mass is 212 g/mol. The van der Waals surface area contributed by atoms with Crippen molar-refractivity contribution in [3.05, 3.63) is 0 Å². The van der Waals surface area contributed by atoms with E-state index in [0.29, 0.717) is 0 Å². The van der Waals surface area contributed by atoms with Crippen LogP contribution in [0, 0.1) is 11.3 Å². The van der Waals surface area contributed by atoms with Gasteiger partial charge in [0.2, 0.25) is 0 Å². The molecule has 0 saturated heterocycles. The minimum Gasteiger partial charge on any atom is -0.444 e. The van der Waals surface area contributed by atoms with Gasteiger partial charge in [-0.2, -0.15) is 5.26 Å². The van der Waals surface area contributed by atoms with Gasteiger partial charge in [-0.05, 0) is 20.8 Å². The third-order valence-corrected chi connectivity index (χ3v) is 1.39. The van der Waals surface area contributed by atoms with E-state index in [9.17, 15) is 9.59 Å². The molecule has 0 heterocycles. The van der Waals surface area contributed by atoms with Crippen LogP contribution in [0.1, 0.15) is 27.2 Å². The molecule has 0 aromatic rings. The highest BCUT2D eigenvalue weighted by Gasteiger charge is 2.20. The Morgan fingerprint density at radius 3 is 2.33 bits per heavy atom. The van der Waals surface area contributed by atoms with Crippen molar-refractivity contribution in [2.75, 3.05) is 13.6 Å². The topological polar surface area (TPSA) is 70.4 Å². The van der Waals surface area contributed by atoms with Crippen molar-refractivity contribution >= 4 is 11.9 Å². The van der Waals surface area contributed by atoms with E-state index in [0.717, 1.165) is 4.90 Å². The predicted octanol–water partition coefficient (Wildman–Crippen LogP) is 1.34. The molecule has 0 saturated carbocycles. The number of rotatable bonds is 3. The van der Waals surface area contributed by atoms with Gasteiger partial charge in [0.1, 0.15) is 5.60 Å². The number of amides is 1. The molecule has 0 N–H and O–H groups in total. The number of hydrogen-bond acceptors (Lipinski definition) is 4. The van der Waals surface area contributed by atoms with Gasteiger partial charge < -0.3 is 9.64 Å². The first-order valence-electron chi connectivity index (χ1n) is 4.59. The lowest BCUT2D eigenvalue weighted by molar-refractivity contribution is -0.119. The van der Waals surface area contributed by atoms with Crippen molar-refractivity contribution < 1.29 is 14.3 Å². The van der Waals surface area contributed by atoms with Crippen LogP contribution in [-0.4, -0.2) is 36.0 Å². The Bertz CT molecular complexity index is 286. The Labute approximate surface area is 89.6 Å². The maximum absolute atomic E-state index is 11.4. The molecule has 15 heavy (non-hydrogen) atoms. The van der Waals surface area contributed by atoms with Crippen LogP contribution in [0.15, 0.2) is 0 Å². The number of likely N-dealkylation sites (N-methyl/N-ethyl adjacent to an activating group) is 1. The van der Waals surface area contributed by atoms with Gasteiger partial charge in [0, 0.05) is 7.05 Å². The molecule has 5 nitrogen and oxygen atoms in total. The van der Waals surface area contributed by atoms with Crippen molar-refractivity contribution in [2.45, 2.75) is 32.8 Å². The van der Waals surface area contributed by atoms with E-state index in [1.165, 1.54) is 7.05 Å². The normalized spacial score (nSPS) is 10.3. The predicted molar refractivity (Wildman–Crippen MR) is 54.1 cm³/mol. The lowest BCUT2D eigenvalue weighted by Gasteiger charge is -2.24. The molecule has 0 aliphatic heterocycles. The first-order chi connectivity index (χ1) is 6.76. The summed E-state index contributed by atoms with van der Waals surface area (Å²) >= 11 is 0. The third kappa shape index (κ3) is 6.49. The molecule has 0 aliphatic rings. The van der Waals surface area contributed by atoms with Gasteiger partial charge in [-0.25, -0.2) is 4.79 Å². The second-order valence-corrected chi connectivity index (χ2v) is 4.21. The highest BCUT2D eigenvalue weighted by Crippen LogP contribution is 2.08. The Kier molecular flexibility index (Phi) is 4.79. The van der Waals surface area contributed by atoms with E-state index in [2.05, 4.69) is 0 Å². The van der Waals surface area contributed by atoms with Crippen molar-refractivity contribution in [3.63, 3.8) is 0 Å². The van der Waals surface area contributed by atoms with E-state index in [4.69, 9.17) is 10.00 Å². The minimum absolute atomic E-state index is 0.0948. The number of Topliss-reactive ketones (excluding diaryl/α,β-unsaturated/α-hetero) is 1. The number of carbonyl (C=O) groups excluding carboxylic acids is 2. The molecule has 0 bridgehead atoms. The molecule has 0 atom stereocenters. The Balaban J connectivity index is 4.12. The number of nitrogens with zero attached hydrogens (tertiary/aromatic N) is 2. The smallest absolute Gasteiger partial charge is 0.410 e. The van der Waals surface area contributed by atoms with Gasteiger partial charge in [-0.1, -0.05) is 0 Å². The van der Waals surface area contributed by atoms with Crippen LogP contribution in [-0.2, 0) is 9.53 Å². The van der Waals surface area contributed by atoms with Crippen LogP contribution in [0.25, 0.3) is 0 Å². The molecule has 0 fully saturated rings. The van der Waals surface area contributed by atoms with Gasteiger partial charge in [0.05, 0.1) is 19.0 Å². The molecular formula is C10H16N2O3. The summed E-state index contributed by atoms with van der Waals surface area (Å²) in [6, 6.07) is 1.73. The number of carbonyl (C=O) groups is 2. The quantitative estimate of drug-likeness (QED) is 0.707. The molecule has 0 unspecified atom stereocenters. The van der Waals surface area contributed by atoms with Gasteiger partial charge in [0.15, 0.2) is 5.78 Å². The standard InChI is InChI=1S/C10H16N2O3/c1-10(2,3)15-9(14)12(4)7-8(13)5-6-11/h5,7H2,1-4H3. The summed E-state index contributed by atoms with van der Waals surface area (Å²) in [6.45, 7) is 5.14. The number of ketones is 1. The zero-order valence-corrected chi connectivity index (χ0v) is 9.53. The Morgan fingerprint density at radius 1 is 1.40 bits per heavy atom. The van der Waals surface area contributed by atoms with Gasteiger partial charge in [-0.15, -0.1) is 0 Å². The fourth-order valence-corrected chi connectivity index (χ4v) is 0.813. The molecule has 0 aliphatic carbocycles. The van der Waals surface area contributed by atoms with Crippen LogP contribution in [0.5, 0.6) is 0 Å². The third-order valence-electron chi connectivity index (χ3n) is 1.39. The second kappa shape index (κ2) is 5.35. The lowest BCUT2D eigenvalue weighted by Crippen LogP contribution is -2.37. The number of hydrogen-bond donors (Lipinski definition) is 0. The Hall–Kier alpha value is -1.57. The molecule has 0 spiro atoms. The first kappa shape index (κ1) is 13.4. The van der Waals surface area contributed by atoms with E-state index in [1.807, 2.05) is 0 Å². The summed E-state index contributed by atoms with van der Waals surface area (Å²) in [5, 5.41) is 8.27. The van der Waals surface area contributed by atoms with Crippen LogP contribution in [0.2, 0.25) is 0 Å². The molecule has 1 amide bonds. The summed E-state index contributed by atoms with van der Waals surface area (Å²) in [4.78, 5) is 23.6. The molecule has 5 heteroatoms. The van der Waals surface area contributed by atoms with Crippen LogP contribution in [0.3, 0.4) is 0 Å². The molecule has 0 aromatic carbocycles. The molecule has 0 radical (unpaired) electrons. The fourth-order valence-electron chi connectivity index (χ4n) is 0.813. The second-order valence-electron chi connectivity index (χ2n) is 4.21.